The highest BCUT2D eigenvalue weighted by Gasteiger charge is 2.34. The van der Waals surface area contributed by atoms with Crippen molar-refractivity contribution >= 4 is 11.9 Å². The molecule has 0 spiro atoms. The van der Waals surface area contributed by atoms with E-state index >= 15 is 0 Å². The number of rotatable bonds is 6. The number of carbonyl (C=O) groups excluding carboxylic acids is 2. The minimum atomic E-state index is -0.665. The van der Waals surface area contributed by atoms with Crippen LogP contribution in [0.25, 0.3) is 0 Å². The smallest absolute Gasteiger partial charge is 0.310 e. The summed E-state index contributed by atoms with van der Waals surface area (Å²) in [7, 11) is 0. The molecule has 1 aliphatic rings. The van der Waals surface area contributed by atoms with Crippen molar-refractivity contribution in [2.24, 2.45) is 5.92 Å². The molecule has 2 atom stereocenters. The van der Waals surface area contributed by atoms with Gasteiger partial charge < -0.3 is 9.64 Å². The largest absolute Gasteiger partial charge is 0.466 e. The number of ether oxygens (including phenoxy) is 1. The lowest BCUT2D eigenvalue weighted by Crippen LogP contribution is -2.46. The van der Waals surface area contributed by atoms with Crippen molar-refractivity contribution in [1.82, 2.24) is 25.1 Å². The number of hydrogen-bond donors (Lipinski definition) is 0. The van der Waals surface area contributed by atoms with Gasteiger partial charge in [-0.25, -0.2) is 9.07 Å². The van der Waals surface area contributed by atoms with Crippen LogP contribution in [0.5, 0.6) is 0 Å². The van der Waals surface area contributed by atoms with Gasteiger partial charge in [0.1, 0.15) is 17.7 Å². The number of likely N-dealkylation sites (tertiary alicyclic amines) is 1. The van der Waals surface area contributed by atoms with E-state index in [4.69, 9.17) is 4.74 Å². The molecule has 0 radical (unpaired) electrons. The molecule has 2 aromatic rings. The van der Waals surface area contributed by atoms with E-state index in [0.717, 1.165) is 12.0 Å². The Morgan fingerprint density at radius 3 is 2.71 bits per heavy atom. The fourth-order valence-corrected chi connectivity index (χ4v) is 3.49. The molecule has 0 N–H and O–H groups in total. The topological polar surface area (TPSA) is 90.2 Å². The van der Waals surface area contributed by atoms with Crippen LogP contribution < -0.4 is 0 Å². The second-order valence-electron chi connectivity index (χ2n) is 6.89. The number of carbonyl (C=O) groups is 2. The Labute approximate surface area is 162 Å². The summed E-state index contributed by atoms with van der Waals surface area (Å²) >= 11 is 0. The zero-order chi connectivity index (χ0) is 20.1. The quantitative estimate of drug-likeness (QED) is 0.699. The van der Waals surface area contributed by atoms with Gasteiger partial charge in [-0.15, -0.1) is 5.10 Å². The first-order chi connectivity index (χ1) is 13.5. The van der Waals surface area contributed by atoms with Crippen LogP contribution in [0.3, 0.4) is 0 Å². The first kappa shape index (κ1) is 19.9. The van der Waals surface area contributed by atoms with E-state index in [1.165, 1.54) is 16.8 Å². The third-order valence-corrected chi connectivity index (χ3v) is 4.93. The van der Waals surface area contributed by atoms with Crippen molar-refractivity contribution < 1.29 is 18.7 Å². The molecular weight excluding hydrogens is 365 g/mol. The minimum absolute atomic E-state index is 0.159. The monoisotopic (exact) mass is 389 g/mol. The van der Waals surface area contributed by atoms with Crippen LogP contribution in [0.1, 0.15) is 37.2 Å². The molecule has 1 amide bonds. The normalized spacial score (nSPS) is 18.0. The summed E-state index contributed by atoms with van der Waals surface area (Å²) in [5.41, 5.74) is 0.800. The first-order valence-corrected chi connectivity index (χ1v) is 9.44. The Morgan fingerprint density at radius 2 is 2.07 bits per heavy atom. The molecule has 1 saturated heterocycles. The van der Waals surface area contributed by atoms with Gasteiger partial charge in [0, 0.05) is 19.5 Å². The molecule has 1 aliphatic heterocycles. The number of nitrogens with zero attached hydrogens (tertiary/aromatic N) is 5. The third-order valence-electron chi connectivity index (χ3n) is 4.93. The van der Waals surface area contributed by atoms with E-state index < -0.39 is 6.04 Å². The molecule has 0 bridgehead atoms. The summed E-state index contributed by atoms with van der Waals surface area (Å²) in [6, 6.07) is 5.35. The molecule has 2 heterocycles. The van der Waals surface area contributed by atoms with Crippen molar-refractivity contribution in [1.29, 1.82) is 0 Å². The summed E-state index contributed by atoms with van der Waals surface area (Å²) in [5.74, 6) is -0.570. The lowest BCUT2D eigenvalue weighted by Gasteiger charge is -2.34. The van der Waals surface area contributed by atoms with Crippen LogP contribution in [0.2, 0.25) is 0 Å². The van der Waals surface area contributed by atoms with Gasteiger partial charge in [-0.1, -0.05) is 12.1 Å². The molecule has 0 saturated carbocycles. The van der Waals surface area contributed by atoms with E-state index in [2.05, 4.69) is 15.5 Å². The Morgan fingerprint density at radius 1 is 1.32 bits per heavy atom. The van der Waals surface area contributed by atoms with Crippen LogP contribution >= 0.6 is 0 Å². The molecule has 9 heteroatoms. The van der Waals surface area contributed by atoms with Crippen molar-refractivity contribution in [2.75, 3.05) is 19.7 Å². The van der Waals surface area contributed by atoms with Gasteiger partial charge in [0.15, 0.2) is 0 Å². The van der Waals surface area contributed by atoms with Crippen LogP contribution in [0, 0.1) is 18.7 Å². The number of esters is 1. The lowest BCUT2D eigenvalue weighted by atomic mass is 9.96. The minimum Gasteiger partial charge on any atom is -0.466 e. The lowest BCUT2D eigenvalue weighted by molar-refractivity contribution is -0.151. The van der Waals surface area contributed by atoms with Crippen LogP contribution in [0.4, 0.5) is 4.39 Å². The molecule has 1 aromatic carbocycles. The van der Waals surface area contributed by atoms with E-state index in [1.807, 2.05) is 0 Å². The second-order valence-corrected chi connectivity index (χ2v) is 6.89. The zero-order valence-corrected chi connectivity index (χ0v) is 16.0. The molecule has 8 nitrogen and oxygen atoms in total. The number of aromatic nitrogens is 4. The van der Waals surface area contributed by atoms with E-state index in [-0.39, 0.29) is 23.6 Å². The molecular formula is C19H24FN5O3. The number of tetrazole rings is 1. The van der Waals surface area contributed by atoms with Crippen LogP contribution in [-0.4, -0.2) is 56.7 Å². The van der Waals surface area contributed by atoms with Crippen molar-refractivity contribution in [3.63, 3.8) is 0 Å². The highest BCUT2D eigenvalue weighted by atomic mass is 19.1. The molecule has 0 aliphatic carbocycles. The Balaban J connectivity index is 1.81. The maximum Gasteiger partial charge on any atom is 0.310 e. The molecule has 0 unspecified atom stereocenters. The molecule has 3 rings (SSSR count). The van der Waals surface area contributed by atoms with Gasteiger partial charge in [0.2, 0.25) is 5.91 Å². The standard InChI is InChI=1S/C19H24FN5O3/c1-3-28-19(27)15-5-4-10-24(12-15)18(26)17(25-13(2)21-22-23-25)11-14-6-8-16(20)9-7-14/h6-9,15,17H,3-5,10-12H2,1-2H3/t15-,17-/m0/s1. The Kier molecular flexibility index (Phi) is 6.33. The maximum atomic E-state index is 13.3. The number of benzene rings is 1. The number of piperidine rings is 1. The maximum absolute atomic E-state index is 13.3. The van der Waals surface area contributed by atoms with Crippen LogP contribution in [-0.2, 0) is 20.7 Å². The van der Waals surface area contributed by atoms with Crippen molar-refractivity contribution in [3.05, 3.63) is 41.5 Å². The summed E-state index contributed by atoms with van der Waals surface area (Å²) in [5, 5.41) is 11.5. The number of amides is 1. The molecule has 150 valence electrons. The van der Waals surface area contributed by atoms with Gasteiger partial charge in [0.25, 0.3) is 0 Å². The van der Waals surface area contributed by atoms with Gasteiger partial charge in [-0.2, -0.15) is 0 Å². The van der Waals surface area contributed by atoms with Crippen LogP contribution in [0.15, 0.2) is 24.3 Å². The zero-order valence-electron chi connectivity index (χ0n) is 16.0. The number of aryl methyl sites for hydroxylation is 1. The number of halogens is 1. The van der Waals surface area contributed by atoms with E-state index in [9.17, 15) is 14.0 Å². The van der Waals surface area contributed by atoms with E-state index in [0.29, 0.717) is 38.4 Å². The van der Waals surface area contributed by atoms with Gasteiger partial charge in [-0.3, -0.25) is 9.59 Å². The molecule has 28 heavy (non-hydrogen) atoms. The Hall–Kier alpha value is -2.84. The van der Waals surface area contributed by atoms with Crippen molar-refractivity contribution in [3.8, 4) is 0 Å². The average molecular weight is 389 g/mol. The third kappa shape index (κ3) is 4.52. The van der Waals surface area contributed by atoms with Gasteiger partial charge in [-0.05, 0) is 54.8 Å². The summed E-state index contributed by atoms with van der Waals surface area (Å²) in [6.07, 6.45) is 1.76. The molecule has 1 aromatic heterocycles. The highest BCUT2D eigenvalue weighted by molar-refractivity contribution is 5.82. The SMILES string of the molecule is CCOC(=O)[C@H]1CCCN(C(=O)[C@H](Cc2ccc(F)cc2)n2nnnc2C)C1. The predicted octanol–water partition coefficient (Wildman–Crippen LogP) is 1.71. The highest BCUT2D eigenvalue weighted by Crippen LogP contribution is 2.23. The average Bonchev–Trinajstić information content (AvgIpc) is 3.13. The molecule has 1 fully saturated rings. The summed E-state index contributed by atoms with van der Waals surface area (Å²) in [6.45, 7) is 4.69. The summed E-state index contributed by atoms with van der Waals surface area (Å²) < 4.78 is 19.8. The first-order valence-electron chi connectivity index (χ1n) is 9.44. The van der Waals surface area contributed by atoms with E-state index in [1.54, 1.807) is 30.9 Å². The summed E-state index contributed by atoms with van der Waals surface area (Å²) in [4.78, 5) is 27.1. The van der Waals surface area contributed by atoms with Crippen molar-refractivity contribution in [2.45, 2.75) is 39.2 Å². The van der Waals surface area contributed by atoms with Gasteiger partial charge >= 0.3 is 5.97 Å². The van der Waals surface area contributed by atoms with Gasteiger partial charge in [0.05, 0.1) is 12.5 Å². The fourth-order valence-electron chi connectivity index (χ4n) is 3.49. The Bertz CT molecular complexity index is 823. The predicted molar refractivity (Wildman–Crippen MR) is 97.6 cm³/mol. The second kappa shape index (κ2) is 8.90. The fraction of sp³-hybridized carbons (Fsp3) is 0.526. The number of hydrogen-bond acceptors (Lipinski definition) is 6.